The summed E-state index contributed by atoms with van der Waals surface area (Å²) in [5.74, 6) is 0.355. The SMILES string of the molecule is COc1ccccc1CN(C)C(=O)CN(c1cc(C)ccc1C)S(=O)(=O)c1ccc(C)cc1. The molecule has 0 bridgehead atoms. The fourth-order valence-corrected chi connectivity index (χ4v) is 5.02. The summed E-state index contributed by atoms with van der Waals surface area (Å²) >= 11 is 0. The van der Waals surface area contributed by atoms with Crippen molar-refractivity contribution < 1.29 is 17.9 Å². The first-order chi connectivity index (χ1) is 15.6. The van der Waals surface area contributed by atoms with Crippen LogP contribution in [0.2, 0.25) is 0 Å². The Morgan fingerprint density at radius 3 is 2.21 bits per heavy atom. The molecule has 0 fully saturated rings. The standard InChI is InChI=1S/C26H30N2O4S/c1-19-11-14-23(15-12-19)33(30,31)28(24-16-20(2)10-13-21(24)3)18-26(29)27(4)17-22-8-6-7-9-25(22)32-5/h6-16H,17-18H2,1-5H3. The fourth-order valence-electron chi connectivity index (χ4n) is 3.55. The summed E-state index contributed by atoms with van der Waals surface area (Å²) in [5, 5.41) is 0. The summed E-state index contributed by atoms with van der Waals surface area (Å²) < 4.78 is 33.9. The Morgan fingerprint density at radius 1 is 0.909 bits per heavy atom. The number of methoxy groups -OCH3 is 1. The number of aryl methyl sites for hydroxylation is 3. The van der Waals surface area contributed by atoms with E-state index in [1.165, 1.54) is 9.21 Å². The second-order valence-electron chi connectivity index (χ2n) is 8.18. The molecular weight excluding hydrogens is 436 g/mol. The van der Waals surface area contributed by atoms with E-state index in [1.807, 2.05) is 57.2 Å². The van der Waals surface area contributed by atoms with Gasteiger partial charge in [-0.15, -0.1) is 0 Å². The Morgan fingerprint density at radius 2 is 1.55 bits per heavy atom. The molecule has 0 aliphatic rings. The molecule has 1 amide bonds. The minimum absolute atomic E-state index is 0.147. The van der Waals surface area contributed by atoms with Crippen LogP contribution in [0.5, 0.6) is 5.75 Å². The lowest BCUT2D eigenvalue weighted by atomic mass is 10.1. The summed E-state index contributed by atoms with van der Waals surface area (Å²) in [5.41, 5.74) is 3.98. The Balaban J connectivity index is 1.97. The lowest BCUT2D eigenvalue weighted by Crippen LogP contribution is -2.41. The maximum absolute atomic E-state index is 13.7. The van der Waals surface area contributed by atoms with E-state index in [-0.39, 0.29) is 17.3 Å². The number of para-hydroxylation sites is 1. The van der Waals surface area contributed by atoms with Gasteiger partial charge in [0.15, 0.2) is 0 Å². The number of benzene rings is 3. The van der Waals surface area contributed by atoms with Crippen molar-refractivity contribution in [3.63, 3.8) is 0 Å². The van der Waals surface area contributed by atoms with Gasteiger partial charge in [-0.05, 0) is 56.2 Å². The van der Waals surface area contributed by atoms with Crippen LogP contribution in [0.1, 0.15) is 22.3 Å². The number of carbonyl (C=O) groups is 1. The fraction of sp³-hybridized carbons (Fsp3) is 0.269. The molecule has 0 spiro atoms. The summed E-state index contributed by atoms with van der Waals surface area (Å²) in [7, 11) is -0.722. The van der Waals surface area contributed by atoms with E-state index < -0.39 is 10.0 Å². The van der Waals surface area contributed by atoms with Gasteiger partial charge in [-0.3, -0.25) is 9.10 Å². The second-order valence-corrected chi connectivity index (χ2v) is 10.0. The van der Waals surface area contributed by atoms with Gasteiger partial charge >= 0.3 is 0 Å². The Labute approximate surface area is 196 Å². The topological polar surface area (TPSA) is 66.9 Å². The summed E-state index contributed by atoms with van der Waals surface area (Å²) in [6.07, 6.45) is 0. The Kier molecular flexibility index (Phi) is 7.43. The van der Waals surface area contributed by atoms with Gasteiger partial charge in [0.05, 0.1) is 17.7 Å². The number of amides is 1. The number of hydrogen-bond donors (Lipinski definition) is 0. The quantitative estimate of drug-likeness (QED) is 0.491. The number of rotatable bonds is 8. The van der Waals surface area contributed by atoms with E-state index in [9.17, 15) is 13.2 Å². The van der Waals surface area contributed by atoms with Crippen molar-refractivity contribution in [2.75, 3.05) is 25.0 Å². The molecule has 7 heteroatoms. The van der Waals surface area contributed by atoms with Gasteiger partial charge in [0.1, 0.15) is 12.3 Å². The third kappa shape index (κ3) is 5.54. The maximum atomic E-state index is 13.7. The third-order valence-corrected chi connectivity index (χ3v) is 7.32. The average Bonchev–Trinajstić information content (AvgIpc) is 2.79. The van der Waals surface area contributed by atoms with Gasteiger partial charge in [-0.25, -0.2) is 8.42 Å². The number of sulfonamides is 1. The molecule has 3 rings (SSSR count). The number of ether oxygens (including phenoxy) is 1. The van der Waals surface area contributed by atoms with Crippen molar-refractivity contribution in [2.45, 2.75) is 32.2 Å². The summed E-state index contributed by atoms with van der Waals surface area (Å²) in [6.45, 7) is 5.63. The van der Waals surface area contributed by atoms with Crippen LogP contribution in [0.15, 0.2) is 71.6 Å². The van der Waals surface area contributed by atoms with E-state index in [2.05, 4.69) is 0 Å². The van der Waals surface area contributed by atoms with Gasteiger partial charge in [0, 0.05) is 19.2 Å². The van der Waals surface area contributed by atoms with Crippen LogP contribution < -0.4 is 9.04 Å². The summed E-state index contributed by atoms with van der Waals surface area (Å²) in [6, 6.07) is 19.7. The maximum Gasteiger partial charge on any atom is 0.264 e. The Bertz CT molecular complexity index is 1240. The largest absolute Gasteiger partial charge is 0.496 e. The van der Waals surface area contributed by atoms with Gasteiger partial charge in [0.2, 0.25) is 5.91 Å². The van der Waals surface area contributed by atoms with Crippen LogP contribution >= 0.6 is 0 Å². The Hall–Kier alpha value is -3.32. The molecule has 3 aromatic rings. The zero-order valence-electron chi connectivity index (χ0n) is 19.7. The molecule has 0 N–H and O–H groups in total. The van der Waals surface area contributed by atoms with E-state index in [4.69, 9.17) is 4.74 Å². The molecule has 0 atom stereocenters. The smallest absolute Gasteiger partial charge is 0.264 e. The predicted octanol–water partition coefficient (Wildman–Crippen LogP) is 4.47. The van der Waals surface area contributed by atoms with Crippen molar-refractivity contribution in [1.29, 1.82) is 0 Å². The number of anilines is 1. The van der Waals surface area contributed by atoms with E-state index in [1.54, 1.807) is 44.5 Å². The zero-order chi connectivity index (χ0) is 24.2. The highest BCUT2D eigenvalue weighted by molar-refractivity contribution is 7.92. The highest BCUT2D eigenvalue weighted by Crippen LogP contribution is 2.28. The van der Waals surface area contributed by atoms with Crippen molar-refractivity contribution in [1.82, 2.24) is 4.90 Å². The highest BCUT2D eigenvalue weighted by atomic mass is 32.2. The van der Waals surface area contributed by atoms with Crippen LogP contribution in [-0.2, 0) is 21.4 Å². The van der Waals surface area contributed by atoms with Crippen molar-refractivity contribution in [3.05, 3.63) is 89.0 Å². The average molecular weight is 467 g/mol. The van der Waals surface area contributed by atoms with Gasteiger partial charge in [0.25, 0.3) is 10.0 Å². The molecule has 0 aliphatic carbocycles. The normalized spacial score (nSPS) is 11.2. The third-order valence-electron chi connectivity index (χ3n) is 5.55. The molecule has 0 saturated carbocycles. The van der Waals surface area contributed by atoms with Crippen LogP contribution in [0.25, 0.3) is 0 Å². The number of likely N-dealkylation sites (N-methyl/N-ethyl adjacent to an activating group) is 1. The molecule has 174 valence electrons. The molecule has 0 radical (unpaired) electrons. The lowest BCUT2D eigenvalue weighted by Gasteiger charge is -2.28. The predicted molar refractivity (Wildman–Crippen MR) is 131 cm³/mol. The minimum atomic E-state index is -3.96. The molecule has 0 aliphatic heterocycles. The van der Waals surface area contributed by atoms with Crippen LogP contribution in [0.3, 0.4) is 0 Å². The molecule has 3 aromatic carbocycles. The molecule has 6 nitrogen and oxygen atoms in total. The first-order valence-corrected chi connectivity index (χ1v) is 12.1. The minimum Gasteiger partial charge on any atom is -0.496 e. The van der Waals surface area contributed by atoms with Crippen molar-refractivity contribution in [2.24, 2.45) is 0 Å². The monoisotopic (exact) mass is 466 g/mol. The first-order valence-electron chi connectivity index (χ1n) is 10.7. The van der Waals surface area contributed by atoms with Gasteiger partial charge in [-0.2, -0.15) is 0 Å². The second kappa shape index (κ2) is 10.1. The van der Waals surface area contributed by atoms with Crippen LogP contribution in [0.4, 0.5) is 5.69 Å². The molecule has 0 saturated heterocycles. The first kappa shape index (κ1) is 24.3. The van der Waals surface area contributed by atoms with E-state index >= 15 is 0 Å². The number of nitrogens with zero attached hydrogens (tertiary/aromatic N) is 2. The van der Waals surface area contributed by atoms with Gasteiger partial charge < -0.3 is 9.64 Å². The van der Waals surface area contributed by atoms with Crippen LogP contribution in [0, 0.1) is 20.8 Å². The van der Waals surface area contributed by atoms with Crippen molar-refractivity contribution in [3.8, 4) is 5.75 Å². The van der Waals surface area contributed by atoms with Gasteiger partial charge in [-0.1, -0.05) is 48.0 Å². The molecule has 0 unspecified atom stereocenters. The van der Waals surface area contributed by atoms with E-state index in [0.29, 0.717) is 18.0 Å². The summed E-state index contributed by atoms with van der Waals surface area (Å²) in [4.78, 5) is 14.9. The van der Waals surface area contributed by atoms with E-state index in [0.717, 1.165) is 22.3 Å². The molecule has 0 heterocycles. The molecular formula is C26H30N2O4S. The zero-order valence-corrected chi connectivity index (χ0v) is 20.5. The van der Waals surface area contributed by atoms with Crippen molar-refractivity contribution >= 4 is 21.6 Å². The highest BCUT2D eigenvalue weighted by Gasteiger charge is 2.29. The lowest BCUT2D eigenvalue weighted by molar-refractivity contribution is -0.128. The van der Waals surface area contributed by atoms with Crippen LogP contribution in [-0.4, -0.2) is 39.9 Å². The molecule has 0 aromatic heterocycles. The molecule has 33 heavy (non-hydrogen) atoms. The number of hydrogen-bond acceptors (Lipinski definition) is 4. The number of carbonyl (C=O) groups excluding carboxylic acids is 1.